The van der Waals surface area contributed by atoms with Gasteiger partial charge in [0, 0.05) is 26.6 Å². The highest BCUT2D eigenvalue weighted by atomic mass is 35.5. The van der Waals surface area contributed by atoms with Crippen LogP contribution in [0.4, 0.5) is 5.69 Å². The Morgan fingerprint density at radius 2 is 1.75 bits per heavy atom. The molecule has 0 saturated heterocycles. The van der Waals surface area contributed by atoms with Crippen molar-refractivity contribution in [3.8, 4) is 11.5 Å². The molecule has 0 radical (unpaired) electrons. The zero-order valence-electron chi connectivity index (χ0n) is 21.3. The summed E-state index contributed by atoms with van der Waals surface area (Å²) in [5.41, 5.74) is 1.22. The molecular formula is C25H34ClN3O6S. The minimum absolute atomic E-state index is 0.0551. The van der Waals surface area contributed by atoms with Gasteiger partial charge in [0.15, 0.2) is 0 Å². The van der Waals surface area contributed by atoms with Gasteiger partial charge in [0.05, 0.1) is 31.2 Å². The Balaban J connectivity index is 2.20. The molecule has 36 heavy (non-hydrogen) atoms. The van der Waals surface area contributed by atoms with Crippen LogP contribution in [0.2, 0.25) is 5.02 Å². The lowest BCUT2D eigenvalue weighted by Crippen LogP contribution is -2.48. The predicted octanol–water partition coefficient (Wildman–Crippen LogP) is 3.46. The molecule has 2 rings (SSSR count). The van der Waals surface area contributed by atoms with E-state index in [9.17, 15) is 18.0 Å². The smallest absolute Gasteiger partial charge is 0.242 e. The zero-order valence-corrected chi connectivity index (χ0v) is 22.9. The number of amides is 2. The Morgan fingerprint density at radius 1 is 1.08 bits per heavy atom. The number of sulfonamides is 1. The number of methoxy groups -OCH3 is 2. The first kappa shape index (κ1) is 29.3. The van der Waals surface area contributed by atoms with Gasteiger partial charge in [-0.25, -0.2) is 8.42 Å². The molecule has 9 nitrogen and oxygen atoms in total. The topological polar surface area (TPSA) is 105 Å². The lowest BCUT2D eigenvalue weighted by Gasteiger charge is -2.31. The fourth-order valence-corrected chi connectivity index (χ4v) is 5.04. The van der Waals surface area contributed by atoms with Crippen molar-refractivity contribution in [1.29, 1.82) is 0 Å². The second kappa shape index (κ2) is 13.4. The molecule has 2 aromatic carbocycles. The van der Waals surface area contributed by atoms with Gasteiger partial charge in [0.2, 0.25) is 21.8 Å². The molecule has 2 aromatic rings. The van der Waals surface area contributed by atoms with Crippen molar-refractivity contribution in [1.82, 2.24) is 10.2 Å². The van der Waals surface area contributed by atoms with E-state index in [2.05, 4.69) is 5.32 Å². The highest BCUT2D eigenvalue weighted by Gasteiger charge is 2.28. The largest absolute Gasteiger partial charge is 0.497 e. The van der Waals surface area contributed by atoms with E-state index in [1.807, 2.05) is 19.1 Å². The van der Waals surface area contributed by atoms with Crippen LogP contribution in [0.3, 0.4) is 0 Å². The van der Waals surface area contributed by atoms with Crippen LogP contribution in [0.1, 0.15) is 31.7 Å². The first-order valence-corrected chi connectivity index (χ1v) is 13.7. The highest BCUT2D eigenvalue weighted by Crippen LogP contribution is 2.30. The second-order valence-corrected chi connectivity index (χ2v) is 10.5. The summed E-state index contributed by atoms with van der Waals surface area (Å²) in [6.07, 6.45) is 1.83. The fraction of sp³-hybridized carbons (Fsp3) is 0.440. The van der Waals surface area contributed by atoms with Crippen LogP contribution in [-0.2, 0) is 26.2 Å². The first-order chi connectivity index (χ1) is 17.0. The van der Waals surface area contributed by atoms with Crippen molar-refractivity contribution in [3.05, 3.63) is 53.1 Å². The van der Waals surface area contributed by atoms with E-state index in [-0.39, 0.29) is 42.8 Å². The number of carbonyl (C=O) groups excluding carboxylic acids is 2. The van der Waals surface area contributed by atoms with Gasteiger partial charge in [-0.05, 0) is 48.7 Å². The summed E-state index contributed by atoms with van der Waals surface area (Å²) >= 11 is 6.19. The van der Waals surface area contributed by atoms with E-state index < -0.39 is 16.1 Å². The zero-order chi connectivity index (χ0) is 26.9. The van der Waals surface area contributed by atoms with Crippen LogP contribution in [-0.4, -0.2) is 65.2 Å². The lowest BCUT2D eigenvalue weighted by molar-refractivity contribution is -0.141. The van der Waals surface area contributed by atoms with Crippen molar-refractivity contribution in [2.75, 3.05) is 38.4 Å². The maximum absolute atomic E-state index is 13.3. The quantitative estimate of drug-likeness (QED) is 0.418. The molecule has 0 aromatic heterocycles. The van der Waals surface area contributed by atoms with Gasteiger partial charge in [0.1, 0.15) is 17.5 Å². The van der Waals surface area contributed by atoms with Crippen LogP contribution in [0.15, 0.2) is 42.5 Å². The van der Waals surface area contributed by atoms with Crippen LogP contribution in [0.5, 0.6) is 11.5 Å². The normalized spacial score (nSPS) is 11.9. The number of hydrogen-bond donors (Lipinski definition) is 1. The molecule has 0 saturated carbocycles. The molecule has 0 heterocycles. The Morgan fingerprint density at radius 3 is 2.25 bits per heavy atom. The molecule has 198 valence electrons. The predicted molar refractivity (Wildman–Crippen MR) is 141 cm³/mol. The second-order valence-electron chi connectivity index (χ2n) is 8.17. The van der Waals surface area contributed by atoms with E-state index in [0.29, 0.717) is 23.6 Å². The van der Waals surface area contributed by atoms with E-state index in [4.69, 9.17) is 21.1 Å². The number of benzene rings is 2. The van der Waals surface area contributed by atoms with Gasteiger partial charge < -0.3 is 19.7 Å². The fourth-order valence-electron chi connectivity index (χ4n) is 3.83. The van der Waals surface area contributed by atoms with Crippen molar-refractivity contribution >= 4 is 39.1 Å². The molecule has 0 aliphatic carbocycles. The lowest BCUT2D eigenvalue weighted by atomic mass is 10.1. The highest BCUT2D eigenvalue weighted by molar-refractivity contribution is 7.92. The minimum atomic E-state index is -3.63. The number of hydrogen-bond acceptors (Lipinski definition) is 6. The Bertz CT molecular complexity index is 1140. The number of nitrogens with one attached hydrogen (secondary N) is 1. The molecule has 1 N–H and O–H groups in total. The van der Waals surface area contributed by atoms with Crippen molar-refractivity contribution in [2.45, 2.75) is 38.8 Å². The van der Waals surface area contributed by atoms with Gasteiger partial charge >= 0.3 is 0 Å². The van der Waals surface area contributed by atoms with Crippen molar-refractivity contribution in [2.24, 2.45) is 0 Å². The number of nitrogens with zero attached hydrogens (tertiary/aromatic N) is 2. The maximum atomic E-state index is 13.3. The minimum Gasteiger partial charge on any atom is -0.497 e. The molecule has 0 fully saturated rings. The first-order valence-electron chi connectivity index (χ1n) is 11.5. The van der Waals surface area contributed by atoms with E-state index in [1.54, 1.807) is 31.4 Å². The third-order valence-corrected chi connectivity index (χ3v) is 7.21. The summed E-state index contributed by atoms with van der Waals surface area (Å²) < 4.78 is 36.5. The van der Waals surface area contributed by atoms with Gasteiger partial charge in [-0.1, -0.05) is 30.7 Å². The Labute approximate surface area is 218 Å². The van der Waals surface area contributed by atoms with E-state index >= 15 is 0 Å². The van der Waals surface area contributed by atoms with Crippen LogP contribution < -0.4 is 19.1 Å². The van der Waals surface area contributed by atoms with Gasteiger partial charge in [-0.3, -0.25) is 13.9 Å². The Kier molecular flexibility index (Phi) is 10.9. The van der Waals surface area contributed by atoms with Gasteiger partial charge in [0.25, 0.3) is 0 Å². The third kappa shape index (κ3) is 7.76. The van der Waals surface area contributed by atoms with Gasteiger partial charge in [-0.15, -0.1) is 0 Å². The number of halogens is 1. The molecular weight excluding hydrogens is 506 g/mol. The number of rotatable bonds is 13. The molecule has 11 heteroatoms. The molecule has 0 aliphatic heterocycles. The number of carbonyl (C=O) groups is 2. The summed E-state index contributed by atoms with van der Waals surface area (Å²) in [7, 11) is 0.945. The maximum Gasteiger partial charge on any atom is 0.242 e. The van der Waals surface area contributed by atoms with Crippen molar-refractivity contribution < 1.29 is 27.5 Å². The third-order valence-electron chi connectivity index (χ3n) is 5.72. The number of anilines is 1. The summed E-state index contributed by atoms with van der Waals surface area (Å²) in [6.45, 7) is 2.14. The Hall–Kier alpha value is -2.98. The summed E-state index contributed by atoms with van der Waals surface area (Å²) in [5, 5.41) is 2.90. The van der Waals surface area contributed by atoms with E-state index in [1.165, 1.54) is 29.4 Å². The summed E-state index contributed by atoms with van der Waals surface area (Å²) in [6, 6.07) is 11.3. The number of ether oxygens (including phenoxy) is 2. The van der Waals surface area contributed by atoms with Gasteiger partial charge in [-0.2, -0.15) is 0 Å². The molecule has 0 spiro atoms. The van der Waals surface area contributed by atoms with Crippen molar-refractivity contribution in [3.63, 3.8) is 0 Å². The summed E-state index contributed by atoms with van der Waals surface area (Å²) in [5.74, 6) is 0.611. The van der Waals surface area contributed by atoms with Crippen LogP contribution in [0.25, 0.3) is 0 Å². The molecule has 0 aliphatic rings. The molecule has 2 amide bonds. The average Bonchev–Trinajstić information content (AvgIpc) is 2.85. The SMILES string of the molecule is CCC(C(=O)NC)N(Cc1ccc(OC)cc1)C(=O)CCCN(c1ccc(OC)c(Cl)c1)S(C)(=O)=O. The van der Waals surface area contributed by atoms with E-state index in [0.717, 1.165) is 11.8 Å². The molecule has 1 unspecified atom stereocenters. The standard InChI is InChI=1S/C25H34ClN3O6S/c1-6-22(25(31)27-2)28(17-18-9-12-20(34-3)13-10-18)24(30)8-7-15-29(36(5,32)33)19-11-14-23(35-4)21(26)16-19/h9-14,16,22H,6-8,15,17H2,1-5H3,(H,27,31). The molecule has 0 bridgehead atoms. The monoisotopic (exact) mass is 539 g/mol. The van der Waals surface area contributed by atoms with Crippen LogP contribution in [0, 0.1) is 0 Å². The van der Waals surface area contributed by atoms with Crippen LogP contribution >= 0.6 is 11.6 Å². The summed E-state index contributed by atoms with van der Waals surface area (Å²) in [4.78, 5) is 27.4. The number of likely N-dealkylation sites (N-methyl/N-ethyl adjacent to an activating group) is 1. The average molecular weight is 540 g/mol. The molecule has 1 atom stereocenters.